The van der Waals surface area contributed by atoms with Crippen LogP contribution in [-0.4, -0.2) is 36.2 Å². The van der Waals surface area contributed by atoms with Crippen molar-refractivity contribution >= 4 is 26.7 Å². The minimum Gasteiger partial charge on any atom is -0.380 e. The van der Waals surface area contributed by atoms with Gasteiger partial charge in [0, 0.05) is 20.2 Å². The van der Waals surface area contributed by atoms with Gasteiger partial charge in [0.25, 0.3) is 0 Å². The van der Waals surface area contributed by atoms with Gasteiger partial charge in [-0.25, -0.2) is 4.98 Å². The van der Waals surface area contributed by atoms with Gasteiger partial charge in [0.05, 0.1) is 16.3 Å². The van der Waals surface area contributed by atoms with E-state index in [-0.39, 0.29) is 0 Å². The van der Waals surface area contributed by atoms with Crippen molar-refractivity contribution in [2.24, 2.45) is 5.92 Å². The lowest BCUT2D eigenvalue weighted by atomic mass is 9.95. The minimum atomic E-state index is 0.353. The lowest BCUT2D eigenvalue weighted by Crippen LogP contribution is -2.43. The molecule has 3 rings (SSSR count). The molecule has 2 atom stereocenters. The number of rotatable bonds is 3. The van der Waals surface area contributed by atoms with Crippen LogP contribution < -0.4 is 5.73 Å². The number of nitrogens with two attached hydrogens (primary N) is 1. The van der Waals surface area contributed by atoms with Crippen molar-refractivity contribution in [1.82, 2.24) is 9.88 Å². The van der Waals surface area contributed by atoms with E-state index in [2.05, 4.69) is 35.0 Å². The van der Waals surface area contributed by atoms with Crippen LogP contribution >= 0.6 is 11.3 Å². The molecule has 2 N–H and O–H groups in total. The minimum absolute atomic E-state index is 0.353. The number of likely N-dealkylation sites (tertiary alicyclic amines) is 1. The molecule has 0 radical (unpaired) electrons. The molecule has 108 valence electrons. The summed E-state index contributed by atoms with van der Waals surface area (Å²) in [5, 5.41) is 0.642. The molecular weight excluding hydrogens is 270 g/mol. The maximum Gasteiger partial charge on any atom is 0.181 e. The first kappa shape index (κ1) is 13.8. The highest BCUT2D eigenvalue weighted by atomic mass is 32.1. The van der Waals surface area contributed by atoms with Gasteiger partial charge in [0.1, 0.15) is 0 Å². The Morgan fingerprint density at radius 3 is 3.15 bits per heavy atom. The average Bonchev–Trinajstić information content (AvgIpc) is 2.80. The van der Waals surface area contributed by atoms with Crippen LogP contribution in [0.4, 0.5) is 5.13 Å². The molecule has 1 aromatic heterocycles. The third-order valence-corrected chi connectivity index (χ3v) is 5.00. The van der Waals surface area contributed by atoms with Crippen molar-refractivity contribution in [3.8, 4) is 0 Å². The largest absolute Gasteiger partial charge is 0.380 e. The summed E-state index contributed by atoms with van der Waals surface area (Å²) >= 11 is 1.56. The van der Waals surface area contributed by atoms with E-state index in [4.69, 9.17) is 10.5 Å². The van der Waals surface area contributed by atoms with Gasteiger partial charge in [0.15, 0.2) is 5.13 Å². The Kier molecular flexibility index (Phi) is 3.92. The summed E-state index contributed by atoms with van der Waals surface area (Å²) in [6.45, 7) is 5.41. The molecule has 1 aromatic carbocycles. The first-order chi connectivity index (χ1) is 9.65. The number of fused-ring (bicyclic) bond motifs is 1. The molecule has 2 heterocycles. The van der Waals surface area contributed by atoms with Crippen molar-refractivity contribution in [3.05, 3.63) is 23.8 Å². The second kappa shape index (κ2) is 5.68. The fraction of sp³-hybridized carbons (Fsp3) is 0.533. The third-order valence-electron chi connectivity index (χ3n) is 4.15. The maximum absolute atomic E-state index is 5.76. The van der Waals surface area contributed by atoms with E-state index in [1.807, 2.05) is 7.11 Å². The van der Waals surface area contributed by atoms with Crippen LogP contribution in [0.2, 0.25) is 0 Å². The number of aromatic nitrogens is 1. The molecule has 1 saturated heterocycles. The van der Waals surface area contributed by atoms with Crippen molar-refractivity contribution < 1.29 is 4.74 Å². The van der Waals surface area contributed by atoms with Crippen LogP contribution in [-0.2, 0) is 11.3 Å². The number of anilines is 1. The number of thiazole rings is 1. The first-order valence-corrected chi connectivity index (χ1v) is 7.87. The summed E-state index contributed by atoms with van der Waals surface area (Å²) in [5.41, 5.74) is 8.08. The fourth-order valence-corrected chi connectivity index (χ4v) is 3.69. The van der Waals surface area contributed by atoms with Crippen LogP contribution in [0.1, 0.15) is 18.9 Å². The summed E-state index contributed by atoms with van der Waals surface area (Å²) in [6, 6.07) is 6.43. The van der Waals surface area contributed by atoms with E-state index in [0.29, 0.717) is 17.2 Å². The lowest BCUT2D eigenvalue weighted by Gasteiger charge is -2.36. The normalized spacial score (nSPS) is 24.3. The van der Waals surface area contributed by atoms with Crippen LogP contribution in [0.3, 0.4) is 0 Å². The van der Waals surface area contributed by atoms with Gasteiger partial charge in [-0.1, -0.05) is 24.3 Å². The first-order valence-electron chi connectivity index (χ1n) is 7.06. The number of hydrogen-bond donors (Lipinski definition) is 1. The Hall–Kier alpha value is -1.17. The Morgan fingerprint density at radius 2 is 2.35 bits per heavy atom. The van der Waals surface area contributed by atoms with E-state index in [9.17, 15) is 0 Å². The predicted octanol–water partition coefficient (Wildman–Crippen LogP) is 2.74. The van der Waals surface area contributed by atoms with Crippen molar-refractivity contribution in [2.75, 3.05) is 25.9 Å². The SMILES string of the molecule is COC1CN(Cc2ccc3nc(N)sc3c2)CCC1C. The van der Waals surface area contributed by atoms with Crippen molar-refractivity contribution in [3.63, 3.8) is 0 Å². The van der Waals surface area contributed by atoms with Gasteiger partial charge in [-0.2, -0.15) is 0 Å². The highest BCUT2D eigenvalue weighted by molar-refractivity contribution is 7.22. The second-order valence-corrected chi connectivity index (χ2v) is 6.69. The topological polar surface area (TPSA) is 51.4 Å². The summed E-state index contributed by atoms with van der Waals surface area (Å²) in [5.74, 6) is 0.653. The van der Waals surface area contributed by atoms with Crippen molar-refractivity contribution in [2.45, 2.75) is 26.0 Å². The molecular formula is C15H21N3OS. The number of benzene rings is 1. The molecule has 2 unspecified atom stereocenters. The Labute approximate surface area is 123 Å². The molecule has 0 saturated carbocycles. The summed E-state index contributed by atoms with van der Waals surface area (Å²) in [6.07, 6.45) is 1.56. The van der Waals surface area contributed by atoms with Crippen LogP contribution in [0.25, 0.3) is 10.2 Å². The number of nitrogens with zero attached hydrogens (tertiary/aromatic N) is 2. The second-order valence-electron chi connectivity index (χ2n) is 5.63. The maximum atomic E-state index is 5.76. The predicted molar refractivity (Wildman–Crippen MR) is 83.9 cm³/mol. The summed E-state index contributed by atoms with van der Waals surface area (Å²) in [7, 11) is 1.82. The van der Waals surface area contributed by atoms with Crippen LogP contribution in [0.15, 0.2) is 18.2 Å². The van der Waals surface area contributed by atoms with Gasteiger partial charge in [-0.15, -0.1) is 0 Å². The molecule has 0 amide bonds. The summed E-state index contributed by atoms with van der Waals surface area (Å²) < 4.78 is 6.75. The number of methoxy groups -OCH3 is 1. The third kappa shape index (κ3) is 2.80. The van der Waals surface area contributed by atoms with Crippen molar-refractivity contribution in [1.29, 1.82) is 0 Å². The van der Waals surface area contributed by atoms with Gasteiger partial charge >= 0.3 is 0 Å². The van der Waals surface area contributed by atoms with Gasteiger partial charge < -0.3 is 10.5 Å². The molecule has 2 aromatic rings. The van der Waals surface area contributed by atoms with E-state index >= 15 is 0 Å². The number of nitrogen functional groups attached to an aromatic ring is 1. The zero-order valence-corrected chi connectivity index (χ0v) is 12.8. The number of piperidine rings is 1. The fourth-order valence-electron chi connectivity index (χ4n) is 2.89. The quantitative estimate of drug-likeness (QED) is 0.944. The molecule has 1 aliphatic heterocycles. The van der Waals surface area contributed by atoms with Gasteiger partial charge in [-0.3, -0.25) is 4.90 Å². The highest BCUT2D eigenvalue weighted by Gasteiger charge is 2.25. The van der Waals surface area contributed by atoms with E-state index in [0.717, 1.165) is 25.2 Å². The van der Waals surface area contributed by atoms with E-state index in [1.54, 1.807) is 11.3 Å². The monoisotopic (exact) mass is 291 g/mol. The number of hydrogen-bond acceptors (Lipinski definition) is 5. The molecule has 0 spiro atoms. The molecule has 20 heavy (non-hydrogen) atoms. The zero-order chi connectivity index (χ0) is 14.1. The molecule has 0 bridgehead atoms. The molecule has 0 aliphatic carbocycles. The van der Waals surface area contributed by atoms with Crippen LogP contribution in [0, 0.1) is 5.92 Å². The average molecular weight is 291 g/mol. The molecule has 5 heteroatoms. The molecule has 4 nitrogen and oxygen atoms in total. The zero-order valence-electron chi connectivity index (χ0n) is 12.0. The highest BCUT2D eigenvalue weighted by Crippen LogP contribution is 2.26. The van der Waals surface area contributed by atoms with Crippen LogP contribution in [0.5, 0.6) is 0 Å². The Morgan fingerprint density at radius 1 is 1.50 bits per heavy atom. The number of ether oxygens (including phenoxy) is 1. The van der Waals surface area contributed by atoms with E-state index < -0.39 is 0 Å². The lowest BCUT2D eigenvalue weighted by molar-refractivity contribution is -0.00743. The Bertz CT molecular complexity index is 598. The molecule has 1 fully saturated rings. The van der Waals surface area contributed by atoms with Gasteiger partial charge in [0.2, 0.25) is 0 Å². The van der Waals surface area contributed by atoms with E-state index in [1.165, 1.54) is 16.7 Å². The molecule has 1 aliphatic rings. The Balaban J connectivity index is 1.72. The summed E-state index contributed by atoms with van der Waals surface area (Å²) in [4.78, 5) is 6.77. The smallest absolute Gasteiger partial charge is 0.181 e. The van der Waals surface area contributed by atoms with Gasteiger partial charge in [-0.05, 0) is 36.6 Å². The standard InChI is InChI=1S/C15H21N3OS/c1-10-5-6-18(9-13(10)19-2)8-11-3-4-12-14(7-11)20-15(16)17-12/h3-4,7,10,13H,5-6,8-9H2,1-2H3,(H2,16,17).